The lowest BCUT2D eigenvalue weighted by molar-refractivity contribution is 0.622. The summed E-state index contributed by atoms with van der Waals surface area (Å²) in [6.45, 7) is 0. The molecular formula is C53H32N2O3. The Balaban J connectivity index is 0.949. The fourth-order valence-electron chi connectivity index (χ4n) is 8.54. The number of aromatic nitrogens is 1. The molecule has 3 aromatic heterocycles. The maximum atomic E-state index is 6.60. The molecule has 58 heavy (non-hydrogen) atoms. The van der Waals surface area contributed by atoms with Crippen molar-refractivity contribution in [3.8, 4) is 33.7 Å². The molecule has 0 unspecified atom stereocenters. The normalized spacial score (nSPS) is 11.8. The van der Waals surface area contributed by atoms with Crippen LogP contribution in [0.4, 0.5) is 17.1 Å². The number of furan rings is 2. The van der Waals surface area contributed by atoms with Gasteiger partial charge in [-0.3, -0.25) is 0 Å². The number of benzene rings is 9. The van der Waals surface area contributed by atoms with E-state index in [2.05, 4.69) is 144 Å². The van der Waals surface area contributed by atoms with Crippen molar-refractivity contribution in [3.05, 3.63) is 194 Å². The second-order valence-electron chi connectivity index (χ2n) is 14.7. The van der Waals surface area contributed by atoms with E-state index < -0.39 is 0 Å². The van der Waals surface area contributed by atoms with Crippen LogP contribution in [0.5, 0.6) is 0 Å². The summed E-state index contributed by atoms with van der Waals surface area (Å²) >= 11 is 0. The molecule has 272 valence electrons. The number of rotatable bonds is 6. The number of anilines is 3. The van der Waals surface area contributed by atoms with E-state index in [4.69, 9.17) is 18.2 Å². The van der Waals surface area contributed by atoms with Gasteiger partial charge in [0.2, 0.25) is 5.89 Å². The van der Waals surface area contributed by atoms with Gasteiger partial charge in [-0.2, -0.15) is 0 Å². The van der Waals surface area contributed by atoms with Crippen LogP contribution >= 0.6 is 0 Å². The molecule has 5 nitrogen and oxygen atoms in total. The zero-order valence-electron chi connectivity index (χ0n) is 31.1. The Morgan fingerprint density at radius 1 is 0.379 bits per heavy atom. The molecule has 3 heterocycles. The molecule has 0 aliphatic carbocycles. The van der Waals surface area contributed by atoms with Gasteiger partial charge in [0.15, 0.2) is 11.2 Å². The molecule has 0 fully saturated rings. The monoisotopic (exact) mass is 744 g/mol. The third kappa shape index (κ3) is 5.14. The van der Waals surface area contributed by atoms with Gasteiger partial charge in [0, 0.05) is 33.1 Å². The van der Waals surface area contributed by atoms with Crippen LogP contribution < -0.4 is 4.90 Å². The van der Waals surface area contributed by atoms with Crippen LogP contribution in [-0.4, -0.2) is 4.98 Å². The van der Waals surface area contributed by atoms with Gasteiger partial charge in [-0.1, -0.05) is 121 Å². The van der Waals surface area contributed by atoms with E-state index >= 15 is 0 Å². The van der Waals surface area contributed by atoms with Crippen molar-refractivity contribution in [2.75, 3.05) is 4.90 Å². The van der Waals surface area contributed by atoms with E-state index in [1.54, 1.807) is 0 Å². The average Bonchev–Trinajstić information content (AvgIpc) is 4.01. The van der Waals surface area contributed by atoms with Gasteiger partial charge in [-0.15, -0.1) is 0 Å². The standard InChI is InChI=1S/C53H32N2O3/c1-2-11-36(12-3-1)53-54-45-30-31-48-50(52(45)58-53)44-29-24-37(32-49(44)56-48)33-20-25-38(26-21-33)55(46-18-9-17-43-42-15-6-7-19-47(42)57-51(43)46)39-27-22-35(23-28-39)41-16-8-13-34-10-4-5-14-40(34)41/h1-32H. The molecular weight excluding hydrogens is 713 g/mol. The van der Waals surface area contributed by atoms with E-state index in [0.29, 0.717) is 5.89 Å². The summed E-state index contributed by atoms with van der Waals surface area (Å²) in [4.78, 5) is 7.08. The van der Waals surface area contributed by atoms with Crippen molar-refractivity contribution in [2.24, 2.45) is 0 Å². The first-order valence-corrected chi connectivity index (χ1v) is 19.4. The van der Waals surface area contributed by atoms with Crippen LogP contribution in [0.3, 0.4) is 0 Å². The van der Waals surface area contributed by atoms with Gasteiger partial charge < -0.3 is 18.2 Å². The lowest BCUT2D eigenvalue weighted by atomic mass is 9.98. The maximum absolute atomic E-state index is 6.60. The first kappa shape index (κ1) is 32.4. The number of oxazole rings is 1. The Labute approximate surface area is 332 Å². The van der Waals surface area contributed by atoms with Crippen molar-refractivity contribution >= 4 is 82.8 Å². The summed E-state index contributed by atoms with van der Waals surface area (Å²) in [5, 5.41) is 6.58. The smallest absolute Gasteiger partial charge is 0.227 e. The largest absolute Gasteiger partial charge is 0.456 e. The number of hydrogen-bond donors (Lipinski definition) is 0. The highest BCUT2D eigenvalue weighted by atomic mass is 16.4. The van der Waals surface area contributed by atoms with E-state index in [9.17, 15) is 0 Å². The second-order valence-corrected chi connectivity index (χ2v) is 14.7. The van der Waals surface area contributed by atoms with Crippen LogP contribution in [0, 0.1) is 0 Å². The highest BCUT2D eigenvalue weighted by Gasteiger charge is 2.21. The van der Waals surface area contributed by atoms with Crippen LogP contribution in [0.2, 0.25) is 0 Å². The summed E-state index contributed by atoms with van der Waals surface area (Å²) in [7, 11) is 0. The Kier molecular flexibility index (Phi) is 7.16. The highest BCUT2D eigenvalue weighted by Crippen LogP contribution is 2.44. The van der Waals surface area contributed by atoms with Crippen molar-refractivity contribution in [3.63, 3.8) is 0 Å². The summed E-state index contributed by atoms with van der Waals surface area (Å²) in [6.07, 6.45) is 0. The van der Waals surface area contributed by atoms with Gasteiger partial charge in [-0.25, -0.2) is 4.98 Å². The van der Waals surface area contributed by atoms with Gasteiger partial charge in [0.05, 0.1) is 11.1 Å². The van der Waals surface area contributed by atoms with E-state index in [0.717, 1.165) is 88.7 Å². The van der Waals surface area contributed by atoms with E-state index in [1.165, 1.54) is 21.9 Å². The summed E-state index contributed by atoms with van der Waals surface area (Å²) < 4.78 is 19.4. The minimum absolute atomic E-state index is 0.598. The van der Waals surface area contributed by atoms with Crippen LogP contribution in [0.25, 0.3) is 99.5 Å². The van der Waals surface area contributed by atoms with Gasteiger partial charge >= 0.3 is 0 Å². The number of fused-ring (bicyclic) bond motifs is 9. The number of nitrogens with zero attached hydrogens (tertiary/aromatic N) is 2. The molecule has 0 aliphatic heterocycles. The number of hydrogen-bond acceptors (Lipinski definition) is 5. The molecule has 0 saturated carbocycles. The molecule has 5 heteroatoms. The molecule has 12 aromatic rings. The minimum Gasteiger partial charge on any atom is -0.456 e. The molecule has 0 atom stereocenters. The minimum atomic E-state index is 0.598. The first-order chi connectivity index (χ1) is 28.7. The lowest BCUT2D eigenvalue weighted by Crippen LogP contribution is -2.10. The van der Waals surface area contributed by atoms with Crippen LogP contribution in [-0.2, 0) is 0 Å². The van der Waals surface area contributed by atoms with Crippen LogP contribution in [0.1, 0.15) is 0 Å². The molecule has 9 aromatic carbocycles. The van der Waals surface area contributed by atoms with E-state index in [1.807, 2.05) is 54.6 Å². The molecule has 0 radical (unpaired) electrons. The predicted octanol–water partition coefficient (Wildman–Crippen LogP) is 15.3. The highest BCUT2D eigenvalue weighted by molar-refractivity contribution is 6.17. The summed E-state index contributed by atoms with van der Waals surface area (Å²) in [5.74, 6) is 0.598. The van der Waals surface area contributed by atoms with Crippen molar-refractivity contribution in [2.45, 2.75) is 0 Å². The Morgan fingerprint density at radius 2 is 1.07 bits per heavy atom. The first-order valence-electron chi connectivity index (χ1n) is 19.4. The fourth-order valence-corrected chi connectivity index (χ4v) is 8.54. The Morgan fingerprint density at radius 3 is 1.91 bits per heavy atom. The van der Waals surface area contributed by atoms with Crippen molar-refractivity contribution in [1.29, 1.82) is 0 Å². The maximum Gasteiger partial charge on any atom is 0.227 e. The molecule has 0 amide bonds. The molecule has 0 N–H and O–H groups in total. The third-order valence-corrected chi connectivity index (χ3v) is 11.3. The zero-order valence-corrected chi connectivity index (χ0v) is 31.1. The summed E-state index contributed by atoms with van der Waals surface area (Å²) in [6, 6.07) is 67.6. The SMILES string of the molecule is c1ccc(-c2nc3ccc4oc5cc(-c6ccc(N(c7ccc(-c8cccc9ccccc89)cc7)c7cccc8c7oc7ccccc78)cc6)ccc5c4c3o2)cc1. The lowest BCUT2D eigenvalue weighted by Gasteiger charge is -2.26. The molecule has 0 bridgehead atoms. The van der Waals surface area contributed by atoms with Gasteiger partial charge in [0.1, 0.15) is 22.3 Å². The predicted molar refractivity (Wildman–Crippen MR) is 237 cm³/mol. The molecule has 0 aliphatic rings. The topological polar surface area (TPSA) is 55.6 Å². The van der Waals surface area contributed by atoms with Gasteiger partial charge in [-0.05, 0) is 106 Å². The van der Waals surface area contributed by atoms with Gasteiger partial charge in [0.25, 0.3) is 0 Å². The van der Waals surface area contributed by atoms with Crippen molar-refractivity contribution < 1.29 is 13.3 Å². The summed E-state index contributed by atoms with van der Waals surface area (Å²) in [5.41, 5.74) is 13.3. The fraction of sp³-hybridized carbons (Fsp3) is 0. The number of para-hydroxylation sites is 2. The third-order valence-electron chi connectivity index (χ3n) is 11.3. The van der Waals surface area contributed by atoms with E-state index in [-0.39, 0.29) is 0 Å². The molecule has 0 saturated heterocycles. The second kappa shape index (κ2) is 12.8. The molecule has 0 spiro atoms. The molecule has 12 rings (SSSR count). The quantitative estimate of drug-likeness (QED) is 0.170. The Bertz CT molecular complexity index is 3500. The van der Waals surface area contributed by atoms with Crippen LogP contribution in [0.15, 0.2) is 207 Å². The Hall–Kier alpha value is -7.89. The van der Waals surface area contributed by atoms with Crippen molar-refractivity contribution in [1.82, 2.24) is 4.98 Å². The average molecular weight is 745 g/mol. The zero-order chi connectivity index (χ0) is 38.2.